The molecule has 3 aliphatic rings. The van der Waals surface area contributed by atoms with E-state index in [2.05, 4.69) is 11.1 Å². The number of hydrogen-bond donors (Lipinski definition) is 0. The van der Waals surface area contributed by atoms with E-state index in [4.69, 9.17) is 4.36 Å². The van der Waals surface area contributed by atoms with Gasteiger partial charge in [0.25, 0.3) is 0 Å². The lowest BCUT2D eigenvalue weighted by Gasteiger charge is -2.39. The molecular weight excluding hydrogens is 479 g/mol. The van der Waals surface area contributed by atoms with Crippen molar-refractivity contribution in [1.29, 1.82) is 0 Å². The zero-order chi connectivity index (χ0) is 23.2. The standard InChI is InChI=1S/C22H36F3NO3S3/c1-2-4-17-5-7-18(8-6-17)19-9-11-20(12-10-19)21(26-31-14-3-13-30-16-31)15-29-32(27,28)22(23,24)25/h3,13,17-21H,2,4-12,14-16H2,1H3. The summed E-state index contributed by atoms with van der Waals surface area (Å²) in [6, 6.07) is -0.496. The van der Waals surface area contributed by atoms with Crippen LogP contribution in [0.1, 0.15) is 71.1 Å². The van der Waals surface area contributed by atoms with Crippen LogP contribution in [0.3, 0.4) is 0 Å². The first-order chi connectivity index (χ1) is 15.2. The first-order valence-corrected chi connectivity index (χ1v) is 15.8. The van der Waals surface area contributed by atoms with Crippen molar-refractivity contribution in [1.82, 2.24) is 0 Å². The average molecular weight is 516 g/mol. The van der Waals surface area contributed by atoms with Crippen LogP contribution in [-0.2, 0) is 25.0 Å². The minimum Gasteiger partial charge on any atom is -0.261 e. The molecule has 0 N–H and O–H groups in total. The fourth-order valence-corrected chi connectivity index (χ4v) is 8.88. The van der Waals surface area contributed by atoms with Gasteiger partial charge in [-0.1, -0.05) is 49.4 Å². The predicted octanol–water partition coefficient (Wildman–Crippen LogP) is 6.65. The molecule has 10 heteroatoms. The molecular formula is C22H36F3NO3S3. The van der Waals surface area contributed by atoms with E-state index in [1.165, 1.54) is 38.5 Å². The maximum absolute atomic E-state index is 12.8. The monoisotopic (exact) mass is 515 g/mol. The molecule has 1 aliphatic heterocycles. The molecule has 2 aliphatic carbocycles. The maximum Gasteiger partial charge on any atom is 0.523 e. The highest BCUT2D eigenvalue weighted by Gasteiger charge is 2.48. The Bertz CT molecular complexity index is 754. The van der Waals surface area contributed by atoms with E-state index in [1.54, 1.807) is 11.8 Å². The van der Waals surface area contributed by atoms with Crippen molar-refractivity contribution < 1.29 is 25.8 Å². The van der Waals surface area contributed by atoms with Crippen molar-refractivity contribution in [2.75, 3.05) is 17.4 Å². The molecule has 2 saturated carbocycles. The zero-order valence-electron chi connectivity index (χ0n) is 18.8. The lowest BCUT2D eigenvalue weighted by molar-refractivity contribution is -0.0548. The lowest BCUT2D eigenvalue weighted by atomic mass is 9.68. The van der Waals surface area contributed by atoms with Gasteiger partial charge in [0.2, 0.25) is 0 Å². The molecule has 2 unspecified atom stereocenters. The Balaban J connectivity index is 1.59. The molecule has 0 aromatic rings. The van der Waals surface area contributed by atoms with Gasteiger partial charge in [-0.3, -0.25) is 8.55 Å². The van der Waals surface area contributed by atoms with Crippen LogP contribution in [0.2, 0.25) is 0 Å². The van der Waals surface area contributed by atoms with Gasteiger partial charge in [-0.05, 0) is 67.6 Å². The second-order valence-electron chi connectivity index (χ2n) is 9.39. The summed E-state index contributed by atoms with van der Waals surface area (Å²) in [5.41, 5.74) is -5.39. The Kier molecular flexibility index (Phi) is 10.0. The molecule has 0 spiro atoms. The van der Waals surface area contributed by atoms with E-state index in [9.17, 15) is 21.6 Å². The number of thioether (sulfide) groups is 1. The van der Waals surface area contributed by atoms with Crippen LogP contribution < -0.4 is 0 Å². The summed E-state index contributed by atoms with van der Waals surface area (Å²) in [6.45, 7) is 1.75. The molecule has 0 amide bonds. The number of hydrogen-bond acceptors (Lipinski definition) is 5. The first kappa shape index (κ1) is 26.5. The number of nitrogens with zero attached hydrogens (tertiary/aromatic N) is 1. The topological polar surface area (TPSA) is 55.7 Å². The van der Waals surface area contributed by atoms with Crippen molar-refractivity contribution in [3.05, 3.63) is 11.5 Å². The summed E-state index contributed by atoms with van der Waals surface area (Å²) < 4.78 is 70.5. The predicted molar refractivity (Wildman–Crippen MR) is 127 cm³/mol. The second kappa shape index (κ2) is 12.1. The lowest BCUT2D eigenvalue weighted by Crippen LogP contribution is -2.34. The van der Waals surface area contributed by atoms with Crippen molar-refractivity contribution in [2.45, 2.75) is 82.7 Å². The molecule has 0 bridgehead atoms. The van der Waals surface area contributed by atoms with E-state index in [1.807, 2.05) is 11.5 Å². The zero-order valence-corrected chi connectivity index (χ0v) is 21.2. The summed E-state index contributed by atoms with van der Waals surface area (Å²) in [5.74, 6) is 3.20. The summed E-state index contributed by atoms with van der Waals surface area (Å²) in [7, 11) is -5.89. The number of rotatable bonds is 8. The van der Waals surface area contributed by atoms with Gasteiger partial charge in [-0.25, -0.2) is 0 Å². The average Bonchev–Trinajstić information content (AvgIpc) is 2.77. The molecule has 3 rings (SSSR count). The van der Waals surface area contributed by atoms with E-state index in [0.29, 0.717) is 5.92 Å². The van der Waals surface area contributed by atoms with Gasteiger partial charge in [0, 0.05) is 5.75 Å². The van der Waals surface area contributed by atoms with E-state index < -0.39 is 28.3 Å². The number of halogens is 3. The van der Waals surface area contributed by atoms with Gasteiger partial charge in [-0.15, -0.1) is 11.8 Å². The number of alkyl halides is 3. The van der Waals surface area contributed by atoms with Crippen LogP contribution in [0, 0.1) is 23.7 Å². The smallest absolute Gasteiger partial charge is 0.261 e. The second-order valence-corrected chi connectivity index (χ2v) is 14.0. The Hall–Kier alpha value is -0.0600. The first-order valence-electron chi connectivity index (χ1n) is 11.8. The van der Waals surface area contributed by atoms with Crippen LogP contribution in [-0.4, -0.2) is 37.4 Å². The summed E-state index contributed by atoms with van der Waals surface area (Å²) >= 11 is 1.64. The molecule has 1 heterocycles. The fraction of sp³-hybridized carbons (Fsp3) is 0.909. The third-order valence-corrected chi connectivity index (χ3v) is 11.4. The molecule has 32 heavy (non-hydrogen) atoms. The molecule has 186 valence electrons. The van der Waals surface area contributed by atoms with Crippen molar-refractivity contribution in [3.8, 4) is 0 Å². The van der Waals surface area contributed by atoms with Crippen molar-refractivity contribution in [2.24, 2.45) is 28.0 Å². The van der Waals surface area contributed by atoms with Gasteiger partial charge < -0.3 is 0 Å². The highest BCUT2D eigenvalue weighted by molar-refractivity contribution is 8.13. The molecule has 0 saturated heterocycles. The van der Waals surface area contributed by atoms with Crippen LogP contribution in [0.4, 0.5) is 13.2 Å². The van der Waals surface area contributed by atoms with Gasteiger partial charge >= 0.3 is 15.6 Å². The molecule has 2 fully saturated rings. The Morgan fingerprint density at radius 3 is 2.25 bits per heavy atom. The Morgan fingerprint density at radius 1 is 1.09 bits per heavy atom. The highest BCUT2D eigenvalue weighted by atomic mass is 32.2. The molecule has 2 atom stereocenters. The van der Waals surface area contributed by atoms with Crippen LogP contribution in [0.5, 0.6) is 0 Å². The highest BCUT2D eigenvalue weighted by Crippen LogP contribution is 2.43. The summed E-state index contributed by atoms with van der Waals surface area (Å²) in [5, 5.41) is 2.81. The van der Waals surface area contributed by atoms with E-state index in [-0.39, 0.29) is 16.6 Å². The van der Waals surface area contributed by atoms with E-state index >= 15 is 0 Å². The molecule has 0 aromatic carbocycles. The SMILES string of the molecule is CCCC1CCC(C2CCC(C(COS(=O)(=O)C(F)(F)F)N=S3CC=CSC3)CC2)CC1. The van der Waals surface area contributed by atoms with Gasteiger partial charge in [0.15, 0.2) is 0 Å². The Labute approximate surface area is 197 Å². The summed E-state index contributed by atoms with van der Waals surface area (Å²) in [6.07, 6.45) is 13.8. The third kappa shape index (κ3) is 7.47. The van der Waals surface area contributed by atoms with E-state index in [0.717, 1.165) is 48.4 Å². The van der Waals surface area contributed by atoms with Crippen molar-refractivity contribution in [3.63, 3.8) is 0 Å². The minimum absolute atomic E-state index is 0.0921. The van der Waals surface area contributed by atoms with Crippen LogP contribution in [0.15, 0.2) is 15.8 Å². The largest absolute Gasteiger partial charge is 0.523 e. The normalized spacial score (nSPS) is 33.3. The van der Waals surface area contributed by atoms with Crippen LogP contribution >= 0.6 is 11.8 Å². The van der Waals surface area contributed by atoms with Crippen LogP contribution in [0.25, 0.3) is 0 Å². The quantitative estimate of drug-likeness (QED) is 0.268. The Morgan fingerprint density at radius 2 is 1.72 bits per heavy atom. The van der Waals surface area contributed by atoms with Gasteiger partial charge in [0.05, 0.1) is 17.7 Å². The fourth-order valence-electron chi connectivity index (χ4n) is 5.49. The molecule has 4 nitrogen and oxygen atoms in total. The minimum atomic E-state index is -5.59. The maximum atomic E-state index is 12.8. The molecule has 0 radical (unpaired) electrons. The molecule has 0 aromatic heterocycles. The van der Waals surface area contributed by atoms with Gasteiger partial charge in [0.1, 0.15) is 0 Å². The summed E-state index contributed by atoms with van der Waals surface area (Å²) in [4.78, 5) is 0. The third-order valence-electron chi connectivity index (χ3n) is 7.26. The van der Waals surface area contributed by atoms with Crippen molar-refractivity contribution >= 4 is 32.6 Å². The van der Waals surface area contributed by atoms with Gasteiger partial charge in [-0.2, -0.15) is 21.6 Å².